The summed E-state index contributed by atoms with van der Waals surface area (Å²) >= 11 is 0. The third-order valence-corrected chi connectivity index (χ3v) is 2.54. The SMILES string of the molecule is NC(C#Cc1ccc(F)cc1)Cc1ccccc1. The van der Waals surface area contributed by atoms with E-state index in [2.05, 4.69) is 11.8 Å². The molecular formula is C16H14FN. The minimum atomic E-state index is -0.255. The van der Waals surface area contributed by atoms with Crippen LogP contribution in [0.3, 0.4) is 0 Å². The van der Waals surface area contributed by atoms with Gasteiger partial charge in [-0.2, -0.15) is 0 Å². The second-order valence-electron chi connectivity index (χ2n) is 4.07. The smallest absolute Gasteiger partial charge is 0.123 e. The van der Waals surface area contributed by atoms with E-state index in [0.29, 0.717) is 0 Å². The van der Waals surface area contributed by atoms with Crippen molar-refractivity contribution in [3.63, 3.8) is 0 Å². The third kappa shape index (κ3) is 3.73. The normalized spacial score (nSPS) is 11.4. The van der Waals surface area contributed by atoms with Crippen LogP contribution in [0, 0.1) is 17.7 Å². The predicted molar refractivity (Wildman–Crippen MR) is 71.4 cm³/mol. The summed E-state index contributed by atoms with van der Waals surface area (Å²) in [6.07, 6.45) is 0.717. The van der Waals surface area contributed by atoms with Crippen LogP contribution in [-0.4, -0.2) is 6.04 Å². The van der Waals surface area contributed by atoms with Crippen LogP contribution in [0.25, 0.3) is 0 Å². The van der Waals surface area contributed by atoms with Crippen LogP contribution in [-0.2, 0) is 6.42 Å². The average Bonchev–Trinajstić information content (AvgIpc) is 2.39. The summed E-state index contributed by atoms with van der Waals surface area (Å²) in [5.41, 5.74) is 7.88. The van der Waals surface area contributed by atoms with Gasteiger partial charge in [0.15, 0.2) is 0 Å². The largest absolute Gasteiger partial charge is 0.317 e. The molecular weight excluding hydrogens is 225 g/mol. The maximum absolute atomic E-state index is 12.7. The lowest BCUT2D eigenvalue weighted by Crippen LogP contribution is -2.20. The fraction of sp³-hybridized carbons (Fsp3) is 0.125. The molecule has 0 aliphatic rings. The van der Waals surface area contributed by atoms with Crippen LogP contribution in [0.5, 0.6) is 0 Å². The fourth-order valence-corrected chi connectivity index (χ4v) is 1.63. The highest BCUT2D eigenvalue weighted by atomic mass is 19.1. The minimum absolute atomic E-state index is 0.211. The van der Waals surface area contributed by atoms with E-state index < -0.39 is 0 Å². The van der Waals surface area contributed by atoms with E-state index >= 15 is 0 Å². The van der Waals surface area contributed by atoms with Crippen LogP contribution in [0.2, 0.25) is 0 Å². The molecule has 1 nitrogen and oxygen atoms in total. The molecule has 0 aliphatic heterocycles. The van der Waals surface area contributed by atoms with E-state index in [1.165, 1.54) is 17.7 Å². The van der Waals surface area contributed by atoms with Crippen molar-refractivity contribution in [2.45, 2.75) is 12.5 Å². The minimum Gasteiger partial charge on any atom is -0.317 e. The molecule has 0 bridgehead atoms. The summed E-state index contributed by atoms with van der Waals surface area (Å²) in [4.78, 5) is 0. The maximum atomic E-state index is 12.7. The van der Waals surface area contributed by atoms with Crippen molar-refractivity contribution in [3.05, 3.63) is 71.5 Å². The van der Waals surface area contributed by atoms with Crippen molar-refractivity contribution in [3.8, 4) is 11.8 Å². The van der Waals surface area contributed by atoms with Crippen LogP contribution in [0.4, 0.5) is 4.39 Å². The molecule has 2 N–H and O–H groups in total. The lowest BCUT2D eigenvalue weighted by molar-refractivity contribution is 0.627. The Balaban J connectivity index is 2.00. The second-order valence-corrected chi connectivity index (χ2v) is 4.07. The van der Waals surface area contributed by atoms with Crippen LogP contribution < -0.4 is 5.73 Å². The molecule has 2 aromatic rings. The molecule has 0 saturated carbocycles. The van der Waals surface area contributed by atoms with Crippen LogP contribution >= 0.6 is 0 Å². The Morgan fingerprint density at radius 3 is 2.33 bits per heavy atom. The van der Waals surface area contributed by atoms with Gasteiger partial charge in [-0.15, -0.1) is 0 Å². The molecule has 0 saturated heterocycles. The Morgan fingerprint density at radius 2 is 1.67 bits per heavy atom. The van der Waals surface area contributed by atoms with E-state index in [-0.39, 0.29) is 11.9 Å². The fourth-order valence-electron chi connectivity index (χ4n) is 1.63. The van der Waals surface area contributed by atoms with E-state index in [0.717, 1.165) is 12.0 Å². The first kappa shape index (κ1) is 12.3. The molecule has 0 aromatic heterocycles. The van der Waals surface area contributed by atoms with Crippen molar-refractivity contribution in [2.75, 3.05) is 0 Å². The summed E-state index contributed by atoms with van der Waals surface area (Å²) in [6, 6.07) is 15.9. The number of hydrogen-bond donors (Lipinski definition) is 1. The van der Waals surface area contributed by atoms with E-state index in [4.69, 9.17) is 5.73 Å². The van der Waals surface area contributed by atoms with Crippen molar-refractivity contribution >= 4 is 0 Å². The van der Waals surface area contributed by atoms with Crippen molar-refractivity contribution in [2.24, 2.45) is 5.73 Å². The Labute approximate surface area is 106 Å². The van der Waals surface area contributed by atoms with Gasteiger partial charge < -0.3 is 5.73 Å². The zero-order valence-corrected chi connectivity index (χ0v) is 9.94. The first-order valence-electron chi connectivity index (χ1n) is 5.80. The number of benzene rings is 2. The molecule has 2 rings (SSSR count). The monoisotopic (exact) mass is 239 g/mol. The van der Waals surface area contributed by atoms with Gasteiger partial charge in [0, 0.05) is 5.56 Å². The quantitative estimate of drug-likeness (QED) is 0.801. The Kier molecular flexibility index (Phi) is 4.11. The standard InChI is InChI=1S/C16H14FN/c17-15-9-6-13(7-10-15)8-11-16(18)12-14-4-2-1-3-5-14/h1-7,9-10,16H,12,18H2. The van der Waals surface area contributed by atoms with Gasteiger partial charge in [0.25, 0.3) is 0 Å². The number of nitrogens with two attached hydrogens (primary N) is 1. The summed E-state index contributed by atoms with van der Waals surface area (Å²) in [5.74, 6) is 5.67. The zero-order valence-electron chi connectivity index (χ0n) is 9.94. The molecule has 2 aromatic carbocycles. The third-order valence-electron chi connectivity index (χ3n) is 2.54. The molecule has 18 heavy (non-hydrogen) atoms. The molecule has 0 heterocycles. The molecule has 0 spiro atoms. The summed E-state index contributed by atoms with van der Waals surface area (Å²) in [7, 11) is 0. The van der Waals surface area contributed by atoms with Gasteiger partial charge in [0.1, 0.15) is 5.82 Å². The van der Waals surface area contributed by atoms with Gasteiger partial charge in [0.05, 0.1) is 6.04 Å². The predicted octanol–water partition coefficient (Wildman–Crippen LogP) is 2.75. The topological polar surface area (TPSA) is 26.0 Å². The molecule has 0 amide bonds. The Morgan fingerprint density at radius 1 is 1.00 bits per heavy atom. The lowest BCUT2D eigenvalue weighted by Gasteiger charge is -2.03. The molecule has 0 fully saturated rings. The Bertz CT molecular complexity index is 549. The number of rotatable bonds is 2. The highest BCUT2D eigenvalue weighted by Gasteiger charge is 1.99. The Hall–Kier alpha value is -2.11. The first-order chi connectivity index (χ1) is 8.74. The van der Waals surface area contributed by atoms with Gasteiger partial charge in [-0.25, -0.2) is 4.39 Å². The van der Waals surface area contributed by atoms with E-state index in [9.17, 15) is 4.39 Å². The highest BCUT2D eigenvalue weighted by Crippen LogP contribution is 2.03. The van der Waals surface area contributed by atoms with Crippen LogP contribution in [0.1, 0.15) is 11.1 Å². The van der Waals surface area contributed by atoms with E-state index in [1.807, 2.05) is 30.3 Å². The summed E-state index contributed by atoms with van der Waals surface area (Å²) in [5, 5.41) is 0. The number of hydrogen-bond acceptors (Lipinski definition) is 1. The van der Waals surface area contributed by atoms with Gasteiger partial charge in [-0.3, -0.25) is 0 Å². The van der Waals surface area contributed by atoms with Crippen molar-refractivity contribution in [1.82, 2.24) is 0 Å². The van der Waals surface area contributed by atoms with Crippen molar-refractivity contribution in [1.29, 1.82) is 0 Å². The maximum Gasteiger partial charge on any atom is 0.123 e. The van der Waals surface area contributed by atoms with Gasteiger partial charge >= 0.3 is 0 Å². The molecule has 0 aliphatic carbocycles. The molecule has 0 radical (unpaired) electrons. The second kappa shape index (κ2) is 6.00. The molecule has 2 heteroatoms. The number of halogens is 1. The first-order valence-corrected chi connectivity index (χ1v) is 5.80. The average molecular weight is 239 g/mol. The lowest BCUT2D eigenvalue weighted by atomic mass is 10.1. The van der Waals surface area contributed by atoms with Crippen molar-refractivity contribution < 1.29 is 4.39 Å². The van der Waals surface area contributed by atoms with Gasteiger partial charge in [-0.1, -0.05) is 42.2 Å². The zero-order chi connectivity index (χ0) is 12.8. The van der Waals surface area contributed by atoms with E-state index in [1.54, 1.807) is 12.1 Å². The molecule has 1 atom stereocenters. The summed E-state index contributed by atoms with van der Waals surface area (Å²) in [6.45, 7) is 0. The van der Waals surface area contributed by atoms with Crippen LogP contribution in [0.15, 0.2) is 54.6 Å². The van der Waals surface area contributed by atoms with Gasteiger partial charge in [0.2, 0.25) is 0 Å². The molecule has 1 unspecified atom stereocenters. The highest BCUT2D eigenvalue weighted by molar-refractivity contribution is 5.35. The molecule has 90 valence electrons. The summed E-state index contributed by atoms with van der Waals surface area (Å²) < 4.78 is 12.7. The van der Waals surface area contributed by atoms with Gasteiger partial charge in [-0.05, 0) is 36.2 Å².